The highest BCUT2D eigenvalue weighted by molar-refractivity contribution is 5.17. The zero-order valence-corrected chi connectivity index (χ0v) is 6.70. The van der Waals surface area contributed by atoms with Gasteiger partial charge in [0, 0.05) is 24.9 Å². The summed E-state index contributed by atoms with van der Waals surface area (Å²) >= 11 is 0. The van der Waals surface area contributed by atoms with E-state index in [9.17, 15) is 0 Å². The van der Waals surface area contributed by atoms with Gasteiger partial charge >= 0.3 is 0 Å². The Kier molecular flexibility index (Phi) is 1.46. The Morgan fingerprint density at radius 1 is 1.82 bits per heavy atom. The van der Waals surface area contributed by atoms with Gasteiger partial charge in [-0.05, 0) is 24.9 Å². The van der Waals surface area contributed by atoms with Crippen LogP contribution in [0.15, 0.2) is 12.3 Å². The fourth-order valence-corrected chi connectivity index (χ4v) is 1.62. The topological polar surface area (TPSA) is 43.8 Å². The Morgan fingerprint density at radius 2 is 2.64 bits per heavy atom. The second kappa shape index (κ2) is 2.34. The molecule has 11 heavy (non-hydrogen) atoms. The highest BCUT2D eigenvalue weighted by atomic mass is 15.3. The maximum atomic E-state index is 5.55. The van der Waals surface area contributed by atoms with E-state index < -0.39 is 0 Å². The van der Waals surface area contributed by atoms with E-state index >= 15 is 0 Å². The number of nitrogens with two attached hydrogens (primary N) is 1. The van der Waals surface area contributed by atoms with Gasteiger partial charge in [-0.1, -0.05) is 0 Å². The van der Waals surface area contributed by atoms with Crippen LogP contribution < -0.4 is 5.73 Å². The van der Waals surface area contributed by atoms with E-state index in [1.807, 2.05) is 17.9 Å². The van der Waals surface area contributed by atoms with E-state index in [2.05, 4.69) is 11.2 Å². The zero-order valence-electron chi connectivity index (χ0n) is 6.70. The molecule has 1 aliphatic carbocycles. The SMILES string of the molecule is Cn1nccc1C1CC1CN. The highest BCUT2D eigenvalue weighted by Crippen LogP contribution is 2.46. The van der Waals surface area contributed by atoms with Crippen LogP contribution in [-0.2, 0) is 7.05 Å². The molecule has 0 aromatic carbocycles. The third kappa shape index (κ3) is 1.05. The second-order valence-electron chi connectivity index (χ2n) is 3.22. The summed E-state index contributed by atoms with van der Waals surface area (Å²) in [5.41, 5.74) is 6.88. The van der Waals surface area contributed by atoms with Gasteiger partial charge in [-0.25, -0.2) is 0 Å². The van der Waals surface area contributed by atoms with Gasteiger partial charge in [0.2, 0.25) is 0 Å². The summed E-state index contributed by atoms with van der Waals surface area (Å²) in [7, 11) is 1.99. The number of aryl methyl sites for hydroxylation is 1. The lowest BCUT2D eigenvalue weighted by molar-refractivity contribution is 0.690. The first kappa shape index (κ1) is 6.85. The molecular formula is C8H13N3. The van der Waals surface area contributed by atoms with Crippen molar-refractivity contribution in [1.29, 1.82) is 0 Å². The second-order valence-corrected chi connectivity index (χ2v) is 3.22. The molecule has 0 amide bonds. The molecule has 0 radical (unpaired) electrons. The Bertz CT molecular complexity index is 254. The molecule has 3 nitrogen and oxygen atoms in total. The van der Waals surface area contributed by atoms with E-state index in [4.69, 9.17) is 5.73 Å². The van der Waals surface area contributed by atoms with Gasteiger partial charge < -0.3 is 5.73 Å². The average molecular weight is 151 g/mol. The van der Waals surface area contributed by atoms with Gasteiger partial charge in [0.1, 0.15) is 0 Å². The van der Waals surface area contributed by atoms with Crippen molar-refractivity contribution < 1.29 is 0 Å². The van der Waals surface area contributed by atoms with Crippen molar-refractivity contribution in [2.75, 3.05) is 6.54 Å². The quantitative estimate of drug-likeness (QED) is 0.668. The Balaban J connectivity index is 2.14. The van der Waals surface area contributed by atoms with Crippen LogP contribution in [0.3, 0.4) is 0 Å². The first-order chi connectivity index (χ1) is 5.33. The smallest absolute Gasteiger partial charge is 0.0492 e. The molecule has 1 heterocycles. The summed E-state index contributed by atoms with van der Waals surface area (Å²) < 4.78 is 1.94. The van der Waals surface area contributed by atoms with Crippen LogP contribution in [0, 0.1) is 5.92 Å². The van der Waals surface area contributed by atoms with Crippen molar-refractivity contribution in [3.8, 4) is 0 Å². The lowest BCUT2D eigenvalue weighted by Gasteiger charge is -1.98. The summed E-state index contributed by atoms with van der Waals surface area (Å²) in [5, 5.41) is 4.12. The van der Waals surface area contributed by atoms with E-state index in [0.717, 1.165) is 6.54 Å². The van der Waals surface area contributed by atoms with Crippen LogP contribution in [0.2, 0.25) is 0 Å². The number of nitrogens with zero attached hydrogens (tertiary/aromatic N) is 2. The van der Waals surface area contributed by atoms with E-state index in [1.165, 1.54) is 12.1 Å². The maximum Gasteiger partial charge on any atom is 0.0492 e. The summed E-state index contributed by atoms with van der Waals surface area (Å²) in [6.45, 7) is 0.815. The molecule has 1 aromatic heterocycles. The van der Waals surface area contributed by atoms with E-state index in [-0.39, 0.29) is 0 Å². The molecule has 1 aliphatic rings. The number of rotatable bonds is 2. The largest absolute Gasteiger partial charge is 0.330 e. The molecule has 0 spiro atoms. The minimum Gasteiger partial charge on any atom is -0.330 e. The van der Waals surface area contributed by atoms with Crippen LogP contribution in [0.25, 0.3) is 0 Å². The summed E-state index contributed by atoms with van der Waals surface area (Å²) in [4.78, 5) is 0. The third-order valence-electron chi connectivity index (χ3n) is 2.46. The zero-order chi connectivity index (χ0) is 7.84. The van der Waals surface area contributed by atoms with Crippen LogP contribution in [0.1, 0.15) is 18.0 Å². The molecule has 2 unspecified atom stereocenters. The standard InChI is InChI=1S/C8H13N3/c1-11-8(2-3-10-11)7-4-6(7)5-9/h2-3,6-7H,4-5,9H2,1H3. The fourth-order valence-electron chi connectivity index (χ4n) is 1.62. The van der Waals surface area contributed by atoms with Crippen molar-refractivity contribution in [2.24, 2.45) is 18.7 Å². The number of aromatic nitrogens is 2. The molecule has 60 valence electrons. The molecule has 1 saturated carbocycles. The molecule has 2 rings (SSSR count). The van der Waals surface area contributed by atoms with Gasteiger partial charge in [0.25, 0.3) is 0 Å². The van der Waals surface area contributed by atoms with Gasteiger partial charge in [-0.15, -0.1) is 0 Å². The van der Waals surface area contributed by atoms with E-state index in [1.54, 1.807) is 0 Å². The van der Waals surface area contributed by atoms with Crippen LogP contribution in [0.5, 0.6) is 0 Å². The summed E-state index contributed by atoms with van der Waals surface area (Å²) in [6.07, 6.45) is 3.09. The molecule has 2 N–H and O–H groups in total. The third-order valence-corrected chi connectivity index (χ3v) is 2.46. The molecule has 0 saturated heterocycles. The first-order valence-electron chi connectivity index (χ1n) is 4.01. The van der Waals surface area contributed by atoms with Crippen molar-refractivity contribution >= 4 is 0 Å². The molecule has 1 aromatic rings. The molecule has 3 heteroatoms. The van der Waals surface area contributed by atoms with Crippen LogP contribution in [0.4, 0.5) is 0 Å². The van der Waals surface area contributed by atoms with Gasteiger partial charge in [-0.2, -0.15) is 5.10 Å². The van der Waals surface area contributed by atoms with Crippen molar-refractivity contribution in [2.45, 2.75) is 12.3 Å². The summed E-state index contributed by atoms with van der Waals surface area (Å²) in [6, 6.07) is 2.08. The fraction of sp³-hybridized carbons (Fsp3) is 0.625. The van der Waals surface area contributed by atoms with Crippen molar-refractivity contribution in [3.63, 3.8) is 0 Å². The first-order valence-corrected chi connectivity index (χ1v) is 4.01. The Labute approximate surface area is 66.2 Å². The highest BCUT2D eigenvalue weighted by Gasteiger charge is 2.38. The lowest BCUT2D eigenvalue weighted by atomic mass is 10.2. The summed E-state index contributed by atoms with van der Waals surface area (Å²) in [5.74, 6) is 1.40. The lowest BCUT2D eigenvalue weighted by Crippen LogP contribution is -2.04. The minimum atomic E-state index is 0.687. The average Bonchev–Trinajstić information content (AvgIpc) is 2.68. The van der Waals surface area contributed by atoms with Crippen LogP contribution in [-0.4, -0.2) is 16.3 Å². The number of hydrogen-bond donors (Lipinski definition) is 1. The maximum absolute atomic E-state index is 5.55. The number of hydrogen-bond acceptors (Lipinski definition) is 2. The van der Waals surface area contributed by atoms with E-state index in [0.29, 0.717) is 11.8 Å². The van der Waals surface area contributed by atoms with Crippen molar-refractivity contribution in [3.05, 3.63) is 18.0 Å². The van der Waals surface area contributed by atoms with Gasteiger partial charge in [0.05, 0.1) is 0 Å². The monoisotopic (exact) mass is 151 g/mol. The van der Waals surface area contributed by atoms with Crippen LogP contribution >= 0.6 is 0 Å². The molecule has 2 atom stereocenters. The minimum absolute atomic E-state index is 0.687. The van der Waals surface area contributed by atoms with Crippen molar-refractivity contribution in [1.82, 2.24) is 9.78 Å². The molecular weight excluding hydrogens is 138 g/mol. The molecule has 1 fully saturated rings. The van der Waals surface area contributed by atoms with Gasteiger partial charge in [-0.3, -0.25) is 4.68 Å². The van der Waals surface area contributed by atoms with Gasteiger partial charge in [0.15, 0.2) is 0 Å². The Hall–Kier alpha value is -0.830. The predicted molar refractivity (Wildman–Crippen MR) is 43.1 cm³/mol. The normalized spacial score (nSPS) is 28.9. The predicted octanol–water partition coefficient (Wildman–Crippen LogP) is 0.482. The molecule has 0 aliphatic heterocycles. The molecule has 0 bridgehead atoms. The Morgan fingerprint density at radius 3 is 3.09 bits per heavy atom.